The van der Waals surface area contributed by atoms with E-state index in [4.69, 9.17) is 9.72 Å². The van der Waals surface area contributed by atoms with E-state index in [1.165, 1.54) is 39.0 Å². The zero-order valence-corrected chi connectivity index (χ0v) is 36.9. The monoisotopic (exact) mass is 778 g/mol. The van der Waals surface area contributed by atoms with Crippen LogP contribution in [0.3, 0.4) is 0 Å². The van der Waals surface area contributed by atoms with Crippen molar-refractivity contribution in [2.24, 2.45) is 0 Å². The molecule has 5 aromatic carbocycles. The molecule has 5 nitrogen and oxygen atoms in total. The summed E-state index contributed by atoms with van der Waals surface area (Å²) < 4.78 is 13.6. The average molecular weight is 779 g/mol. The number of rotatable bonds is 6. The molecule has 0 fully saturated rings. The molecule has 3 aromatic heterocycles. The molecule has 8 aromatic rings. The Morgan fingerprint density at radius 3 is 1.90 bits per heavy atom. The Labute approximate surface area is 351 Å². The second-order valence-electron chi connectivity index (χ2n) is 20.1. The summed E-state index contributed by atoms with van der Waals surface area (Å²) in [6.45, 7) is 27.4. The number of fused-ring (bicyclic) bond motifs is 3. The minimum absolute atomic E-state index is 0.00573. The Kier molecular flexibility index (Phi) is 9.74. The highest BCUT2D eigenvalue weighted by molar-refractivity contribution is 6.09. The maximum atomic E-state index is 6.78. The molecule has 5 heteroatoms. The van der Waals surface area contributed by atoms with Crippen molar-refractivity contribution in [2.45, 2.75) is 105 Å². The van der Waals surface area contributed by atoms with Crippen LogP contribution in [0.1, 0.15) is 106 Å². The van der Waals surface area contributed by atoms with Gasteiger partial charge in [0.1, 0.15) is 17.3 Å². The van der Waals surface area contributed by atoms with Gasteiger partial charge in [-0.05, 0) is 105 Å². The number of ether oxygens (including phenoxy) is 1. The fraction of sp³-hybridized carbons (Fsp3) is 0.296. The number of nitrogens with zero attached hydrogens (tertiary/aromatic N) is 4. The van der Waals surface area contributed by atoms with Crippen LogP contribution in [0.4, 0.5) is 0 Å². The van der Waals surface area contributed by atoms with Gasteiger partial charge in [0.25, 0.3) is 6.33 Å². The summed E-state index contributed by atoms with van der Waals surface area (Å²) in [7, 11) is 0. The summed E-state index contributed by atoms with van der Waals surface area (Å²) >= 11 is 0. The van der Waals surface area contributed by atoms with Crippen molar-refractivity contribution in [2.75, 3.05) is 0 Å². The molecule has 0 unspecified atom stereocenters. The summed E-state index contributed by atoms with van der Waals surface area (Å²) in [6, 6.07) is 45.4. The van der Waals surface area contributed by atoms with E-state index in [-0.39, 0.29) is 21.7 Å². The molecule has 0 N–H and O–H groups in total. The Balaban J connectivity index is 1.26. The van der Waals surface area contributed by atoms with Crippen LogP contribution in [0.25, 0.3) is 50.1 Å². The lowest BCUT2D eigenvalue weighted by atomic mass is 9.81. The first-order valence-electron chi connectivity index (χ1n) is 20.9. The number of pyridine rings is 1. The highest BCUT2D eigenvalue weighted by Crippen LogP contribution is 2.39. The Hall–Kier alpha value is -5.94. The van der Waals surface area contributed by atoms with Gasteiger partial charge >= 0.3 is 0 Å². The fourth-order valence-corrected chi connectivity index (χ4v) is 8.23. The fourth-order valence-electron chi connectivity index (χ4n) is 8.23. The molecule has 59 heavy (non-hydrogen) atoms. The number of benzene rings is 5. The lowest BCUT2D eigenvalue weighted by molar-refractivity contribution is -0.611. The van der Waals surface area contributed by atoms with E-state index in [2.05, 4.69) is 224 Å². The largest absolute Gasteiger partial charge is 0.458 e. The van der Waals surface area contributed by atoms with Crippen molar-refractivity contribution in [3.8, 4) is 39.8 Å². The molecule has 300 valence electrons. The Morgan fingerprint density at radius 2 is 1.20 bits per heavy atom. The van der Waals surface area contributed by atoms with Crippen molar-refractivity contribution in [3.63, 3.8) is 0 Å². The van der Waals surface area contributed by atoms with E-state index in [1.54, 1.807) is 0 Å². The van der Waals surface area contributed by atoms with Gasteiger partial charge in [0.05, 0.1) is 33.8 Å². The maximum Gasteiger partial charge on any atom is 0.269 e. The molecule has 0 saturated heterocycles. The Bertz CT molecular complexity index is 2830. The molecule has 0 aliphatic rings. The minimum atomic E-state index is -0.206. The number of hydrogen-bond donors (Lipinski definition) is 0. The summed E-state index contributed by atoms with van der Waals surface area (Å²) in [5.74, 6) is 2.41. The zero-order valence-electron chi connectivity index (χ0n) is 36.9. The molecule has 0 aliphatic carbocycles. The van der Waals surface area contributed by atoms with E-state index in [9.17, 15) is 0 Å². The van der Waals surface area contributed by atoms with Crippen LogP contribution in [0.5, 0.6) is 11.5 Å². The third kappa shape index (κ3) is 7.71. The molecular formula is C54H58N4O. The standard InChI is InChI=1S/C54H58N4O/c1-51(2,3)38-27-28-55-48(32-38)58-46-24-17-16-23-44(46)45-26-25-43(34-47(45)58)59-42-22-18-21-40(33-42)56-35-57(50(54(10,11)12)49(56)53(7,8)9)41-30-37(36-19-14-13-15-20-36)29-39(31-41)52(4,5)6/h13-34H,1-12H3. The summed E-state index contributed by atoms with van der Waals surface area (Å²) in [5.41, 5.74) is 11.2. The van der Waals surface area contributed by atoms with Crippen LogP contribution in [-0.4, -0.2) is 14.1 Å². The van der Waals surface area contributed by atoms with Crippen molar-refractivity contribution >= 4 is 21.8 Å². The average Bonchev–Trinajstić information content (AvgIpc) is 3.76. The van der Waals surface area contributed by atoms with Crippen LogP contribution < -0.4 is 9.30 Å². The smallest absolute Gasteiger partial charge is 0.269 e. The first-order valence-corrected chi connectivity index (χ1v) is 20.9. The molecule has 8 rings (SSSR count). The molecule has 0 atom stereocenters. The highest BCUT2D eigenvalue weighted by Gasteiger charge is 2.34. The molecule has 0 radical (unpaired) electrons. The molecule has 0 bridgehead atoms. The first-order chi connectivity index (χ1) is 27.8. The molecular weight excluding hydrogens is 721 g/mol. The van der Waals surface area contributed by atoms with Crippen molar-refractivity contribution < 1.29 is 9.30 Å². The van der Waals surface area contributed by atoms with Gasteiger partial charge in [0.2, 0.25) is 0 Å². The quantitative estimate of drug-likeness (QED) is 0.124. The van der Waals surface area contributed by atoms with Gasteiger partial charge in [0, 0.05) is 23.0 Å². The summed E-state index contributed by atoms with van der Waals surface area (Å²) in [4.78, 5) is 4.88. The second-order valence-corrected chi connectivity index (χ2v) is 20.1. The third-order valence-corrected chi connectivity index (χ3v) is 11.2. The van der Waals surface area contributed by atoms with Crippen molar-refractivity contribution in [3.05, 3.63) is 162 Å². The highest BCUT2D eigenvalue weighted by atomic mass is 16.5. The number of aromatic nitrogens is 4. The van der Waals surface area contributed by atoms with E-state index in [0.29, 0.717) is 0 Å². The topological polar surface area (TPSA) is 35.9 Å². The van der Waals surface area contributed by atoms with E-state index >= 15 is 0 Å². The molecule has 0 spiro atoms. The van der Waals surface area contributed by atoms with Gasteiger partial charge < -0.3 is 4.74 Å². The van der Waals surface area contributed by atoms with E-state index < -0.39 is 0 Å². The van der Waals surface area contributed by atoms with Crippen LogP contribution in [-0.2, 0) is 21.7 Å². The normalized spacial score (nSPS) is 12.7. The van der Waals surface area contributed by atoms with E-state index in [1.807, 2.05) is 12.3 Å². The van der Waals surface area contributed by atoms with Gasteiger partial charge in [0.15, 0.2) is 0 Å². The molecule has 3 heterocycles. The maximum absolute atomic E-state index is 6.78. The predicted octanol–water partition coefficient (Wildman–Crippen LogP) is 13.7. The molecule has 0 amide bonds. The van der Waals surface area contributed by atoms with Gasteiger partial charge in [-0.25, -0.2) is 4.98 Å². The predicted molar refractivity (Wildman–Crippen MR) is 245 cm³/mol. The number of para-hydroxylation sites is 1. The van der Waals surface area contributed by atoms with Gasteiger partial charge in [-0.1, -0.05) is 144 Å². The van der Waals surface area contributed by atoms with Crippen LogP contribution in [0.15, 0.2) is 134 Å². The van der Waals surface area contributed by atoms with Gasteiger partial charge in [-0.3, -0.25) is 13.7 Å². The first kappa shape index (κ1) is 39.9. The summed E-state index contributed by atoms with van der Waals surface area (Å²) in [5, 5.41) is 2.34. The van der Waals surface area contributed by atoms with Crippen LogP contribution in [0, 0.1) is 6.33 Å². The Morgan fingerprint density at radius 1 is 0.525 bits per heavy atom. The molecule has 0 aliphatic heterocycles. The lowest BCUT2D eigenvalue weighted by Crippen LogP contribution is -2.41. The van der Waals surface area contributed by atoms with Gasteiger partial charge in [-0.15, -0.1) is 0 Å². The SMILES string of the molecule is CC(C)(C)c1cc(-c2ccccc2)cc(-[n+]2[c-]n(-c3cccc(Oc4ccc5c6ccccc6n(-c6cc(C(C)(C)C)ccn6)c5c4)c3)c(C(C)(C)C)c2C(C)(C)C)c1. The summed E-state index contributed by atoms with van der Waals surface area (Å²) in [6.07, 6.45) is 5.81. The van der Waals surface area contributed by atoms with Crippen LogP contribution >= 0.6 is 0 Å². The second kappa shape index (κ2) is 14.4. The third-order valence-electron chi connectivity index (χ3n) is 11.2. The number of imidazole rings is 1. The van der Waals surface area contributed by atoms with Crippen molar-refractivity contribution in [1.29, 1.82) is 0 Å². The zero-order chi connectivity index (χ0) is 42.1. The molecule has 0 saturated carbocycles. The number of hydrogen-bond acceptors (Lipinski definition) is 2. The van der Waals surface area contributed by atoms with Crippen molar-refractivity contribution in [1.82, 2.24) is 14.1 Å². The van der Waals surface area contributed by atoms with Crippen LogP contribution in [0.2, 0.25) is 0 Å². The van der Waals surface area contributed by atoms with Gasteiger partial charge in [-0.2, -0.15) is 0 Å². The van der Waals surface area contributed by atoms with E-state index in [0.717, 1.165) is 45.1 Å². The minimum Gasteiger partial charge on any atom is -0.458 e. The lowest BCUT2D eigenvalue weighted by Gasteiger charge is -2.30.